The van der Waals surface area contributed by atoms with Gasteiger partial charge in [0.25, 0.3) is 5.91 Å². The first-order valence-corrected chi connectivity index (χ1v) is 5.65. The van der Waals surface area contributed by atoms with Crippen LogP contribution < -0.4 is 0 Å². The molecular weight excluding hydrogens is 258 g/mol. The Kier molecular flexibility index (Phi) is 3.07. The molecule has 0 spiro atoms. The topological polar surface area (TPSA) is 40.5 Å². The molecule has 0 saturated carbocycles. The number of hydrogen-bond acceptors (Lipinski definition) is 2. The molecule has 4 heteroatoms. The zero-order chi connectivity index (χ0) is 10.8. The van der Waals surface area contributed by atoms with Gasteiger partial charge >= 0.3 is 0 Å². The predicted molar refractivity (Wildman–Crippen MR) is 60.6 cm³/mol. The van der Waals surface area contributed by atoms with Gasteiger partial charge in [-0.2, -0.15) is 0 Å². The van der Waals surface area contributed by atoms with Crippen LogP contribution in [0.5, 0.6) is 0 Å². The van der Waals surface area contributed by atoms with Crippen molar-refractivity contribution in [2.24, 2.45) is 5.92 Å². The van der Waals surface area contributed by atoms with Crippen LogP contribution in [0.15, 0.2) is 28.7 Å². The lowest BCUT2D eigenvalue weighted by atomic mass is 10.00. The molecule has 1 aromatic rings. The molecule has 1 heterocycles. The fraction of sp³-hybridized carbons (Fsp3) is 0.364. The van der Waals surface area contributed by atoms with E-state index in [1.54, 1.807) is 17.0 Å². The maximum atomic E-state index is 11.8. The summed E-state index contributed by atoms with van der Waals surface area (Å²) in [6, 6.07) is 7.32. The molecule has 0 aromatic heterocycles. The molecular formula is C11H12BrNO2. The Morgan fingerprint density at radius 3 is 2.53 bits per heavy atom. The zero-order valence-electron chi connectivity index (χ0n) is 8.19. The fourth-order valence-electron chi connectivity index (χ4n) is 1.63. The maximum Gasteiger partial charge on any atom is 0.253 e. The second-order valence-corrected chi connectivity index (χ2v) is 4.68. The molecule has 1 N–H and O–H groups in total. The first-order chi connectivity index (χ1) is 7.20. The standard InChI is InChI=1S/C11H12BrNO2/c12-10-3-1-9(2-4-10)11(15)13-5-8(6-13)7-14/h1-4,8,14H,5-7H2. The summed E-state index contributed by atoms with van der Waals surface area (Å²) in [4.78, 5) is 13.6. The highest BCUT2D eigenvalue weighted by molar-refractivity contribution is 9.10. The zero-order valence-corrected chi connectivity index (χ0v) is 9.77. The van der Waals surface area contributed by atoms with Gasteiger partial charge in [-0.15, -0.1) is 0 Å². The number of likely N-dealkylation sites (tertiary alicyclic amines) is 1. The van der Waals surface area contributed by atoms with Gasteiger partial charge in [-0.3, -0.25) is 4.79 Å². The minimum absolute atomic E-state index is 0.0483. The Morgan fingerprint density at radius 1 is 1.40 bits per heavy atom. The molecule has 1 fully saturated rings. The number of carbonyl (C=O) groups is 1. The smallest absolute Gasteiger partial charge is 0.253 e. The number of benzene rings is 1. The number of amides is 1. The van der Waals surface area contributed by atoms with Gasteiger partial charge in [-0.1, -0.05) is 15.9 Å². The Morgan fingerprint density at radius 2 is 2.00 bits per heavy atom. The van der Waals surface area contributed by atoms with E-state index in [1.807, 2.05) is 12.1 Å². The van der Waals surface area contributed by atoms with Gasteiger partial charge in [0, 0.05) is 35.7 Å². The fourth-order valence-corrected chi connectivity index (χ4v) is 1.89. The SMILES string of the molecule is O=C(c1ccc(Br)cc1)N1CC(CO)C1. The third kappa shape index (κ3) is 2.21. The summed E-state index contributed by atoms with van der Waals surface area (Å²) in [5.41, 5.74) is 0.703. The van der Waals surface area contributed by atoms with E-state index in [9.17, 15) is 4.79 Å². The Bertz CT molecular complexity index is 357. The normalized spacial score (nSPS) is 16.3. The van der Waals surface area contributed by atoms with Crippen molar-refractivity contribution < 1.29 is 9.90 Å². The Balaban J connectivity index is 2.00. The van der Waals surface area contributed by atoms with Gasteiger partial charge in [0.05, 0.1) is 0 Å². The van der Waals surface area contributed by atoms with E-state index < -0.39 is 0 Å². The first-order valence-electron chi connectivity index (χ1n) is 4.86. The highest BCUT2D eigenvalue weighted by Crippen LogP contribution is 2.19. The number of halogens is 1. The molecule has 1 aromatic carbocycles. The minimum atomic E-state index is 0.0483. The molecule has 1 aliphatic heterocycles. The molecule has 1 amide bonds. The molecule has 0 bridgehead atoms. The van der Waals surface area contributed by atoms with E-state index in [2.05, 4.69) is 15.9 Å². The second kappa shape index (κ2) is 4.33. The summed E-state index contributed by atoms with van der Waals surface area (Å²) in [5, 5.41) is 8.85. The average Bonchev–Trinajstić information content (AvgIpc) is 2.17. The maximum absolute atomic E-state index is 11.8. The first kappa shape index (κ1) is 10.6. The van der Waals surface area contributed by atoms with E-state index in [0.717, 1.165) is 4.47 Å². The third-order valence-electron chi connectivity index (χ3n) is 2.59. The second-order valence-electron chi connectivity index (χ2n) is 3.77. The highest BCUT2D eigenvalue weighted by atomic mass is 79.9. The van der Waals surface area contributed by atoms with Crippen molar-refractivity contribution in [1.29, 1.82) is 0 Å². The van der Waals surface area contributed by atoms with Crippen LogP contribution in [0.2, 0.25) is 0 Å². The minimum Gasteiger partial charge on any atom is -0.396 e. The number of carbonyl (C=O) groups excluding carboxylic acids is 1. The molecule has 0 aliphatic carbocycles. The molecule has 80 valence electrons. The molecule has 1 aliphatic rings. The summed E-state index contributed by atoms with van der Waals surface area (Å²) < 4.78 is 0.968. The molecule has 0 radical (unpaired) electrons. The number of rotatable bonds is 2. The average molecular weight is 270 g/mol. The third-order valence-corrected chi connectivity index (χ3v) is 3.12. The summed E-state index contributed by atoms with van der Waals surface area (Å²) in [7, 11) is 0. The van der Waals surface area contributed by atoms with Gasteiger partial charge in [0.1, 0.15) is 0 Å². The molecule has 0 unspecified atom stereocenters. The van der Waals surface area contributed by atoms with Crippen LogP contribution in [-0.4, -0.2) is 35.6 Å². The van der Waals surface area contributed by atoms with E-state index in [-0.39, 0.29) is 18.4 Å². The Labute approximate surface area is 96.8 Å². The van der Waals surface area contributed by atoms with Crippen molar-refractivity contribution in [3.8, 4) is 0 Å². The predicted octanol–water partition coefficient (Wildman–Crippen LogP) is 1.51. The highest BCUT2D eigenvalue weighted by Gasteiger charge is 2.30. The molecule has 0 atom stereocenters. The van der Waals surface area contributed by atoms with Crippen molar-refractivity contribution >= 4 is 21.8 Å². The van der Waals surface area contributed by atoms with Crippen LogP contribution in [0.4, 0.5) is 0 Å². The van der Waals surface area contributed by atoms with Gasteiger partial charge in [-0.25, -0.2) is 0 Å². The van der Waals surface area contributed by atoms with Crippen LogP contribution >= 0.6 is 15.9 Å². The quantitative estimate of drug-likeness (QED) is 0.885. The van der Waals surface area contributed by atoms with Gasteiger partial charge < -0.3 is 10.0 Å². The van der Waals surface area contributed by atoms with E-state index in [1.165, 1.54) is 0 Å². The van der Waals surface area contributed by atoms with Crippen molar-refractivity contribution in [3.63, 3.8) is 0 Å². The summed E-state index contributed by atoms with van der Waals surface area (Å²) in [6.07, 6.45) is 0. The van der Waals surface area contributed by atoms with E-state index in [0.29, 0.717) is 18.7 Å². The Hall–Kier alpha value is -0.870. The lowest BCUT2D eigenvalue weighted by Crippen LogP contribution is -2.51. The number of hydrogen-bond donors (Lipinski definition) is 1. The lowest BCUT2D eigenvalue weighted by molar-refractivity contribution is 0.0362. The van der Waals surface area contributed by atoms with E-state index in [4.69, 9.17) is 5.11 Å². The molecule has 1 saturated heterocycles. The van der Waals surface area contributed by atoms with Gasteiger partial charge in [0.15, 0.2) is 0 Å². The molecule has 2 rings (SSSR count). The van der Waals surface area contributed by atoms with Gasteiger partial charge in [-0.05, 0) is 24.3 Å². The monoisotopic (exact) mass is 269 g/mol. The lowest BCUT2D eigenvalue weighted by Gasteiger charge is -2.38. The summed E-state index contributed by atoms with van der Waals surface area (Å²) in [5.74, 6) is 0.316. The van der Waals surface area contributed by atoms with Crippen molar-refractivity contribution in [3.05, 3.63) is 34.3 Å². The van der Waals surface area contributed by atoms with Crippen molar-refractivity contribution in [2.75, 3.05) is 19.7 Å². The van der Waals surface area contributed by atoms with Crippen molar-refractivity contribution in [1.82, 2.24) is 4.90 Å². The summed E-state index contributed by atoms with van der Waals surface area (Å²) in [6.45, 7) is 1.51. The van der Waals surface area contributed by atoms with Crippen molar-refractivity contribution in [2.45, 2.75) is 0 Å². The van der Waals surface area contributed by atoms with Crippen LogP contribution in [0.3, 0.4) is 0 Å². The number of aliphatic hydroxyl groups excluding tert-OH is 1. The molecule has 15 heavy (non-hydrogen) atoms. The van der Waals surface area contributed by atoms with Crippen LogP contribution in [-0.2, 0) is 0 Å². The van der Waals surface area contributed by atoms with Crippen LogP contribution in [0.1, 0.15) is 10.4 Å². The molecule has 3 nitrogen and oxygen atoms in total. The van der Waals surface area contributed by atoms with Gasteiger partial charge in [0.2, 0.25) is 0 Å². The van der Waals surface area contributed by atoms with Crippen LogP contribution in [0.25, 0.3) is 0 Å². The summed E-state index contributed by atoms with van der Waals surface area (Å²) >= 11 is 3.33. The number of aliphatic hydroxyl groups is 1. The van der Waals surface area contributed by atoms with E-state index >= 15 is 0 Å². The van der Waals surface area contributed by atoms with Crippen LogP contribution in [0, 0.1) is 5.92 Å². The largest absolute Gasteiger partial charge is 0.396 e. The number of nitrogens with zero attached hydrogens (tertiary/aromatic N) is 1.